The van der Waals surface area contributed by atoms with Crippen molar-refractivity contribution in [1.82, 2.24) is 5.32 Å². The van der Waals surface area contributed by atoms with Crippen LogP contribution in [-0.2, 0) is 6.42 Å². The first kappa shape index (κ1) is 12.6. The van der Waals surface area contributed by atoms with Crippen molar-refractivity contribution in [3.8, 4) is 0 Å². The normalized spacial score (nSPS) is 18.9. The standard InChI is InChI=1S/C15H23NO/c1-2-14(10-12-6-4-3-5-7-12)16-11-15(17)13-8-9-13/h3-7,13-17H,2,8-11H2,1H3. The molecule has 2 N–H and O–H groups in total. The molecule has 0 radical (unpaired) electrons. The lowest BCUT2D eigenvalue weighted by molar-refractivity contribution is 0.144. The van der Waals surface area contributed by atoms with E-state index in [-0.39, 0.29) is 6.10 Å². The molecule has 1 aromatic carbocycles. The van der Waals surface area contributed by atoms with Crippen molar-refractivity contribution >= 4 is 0 Å². The minimum atomic E-state index is -0.139. The van der Waals surface area contributed by atoms with Crippen LogP contribution in [0.2, 0.25) is 0 Å². The topological polar surface area (TPSA) is 32.3 Å². The molecule has 2 unspecified atom stereocenters. The van der Waals surface area contributed by atoms with Crippen LogP contribution in [0.15, 0.2) is 30.3 Å². The van der Waals surface area contributed by atoms with Gasteiger partial charge in [0.25, 0.3) is 0 Å². The highest BCUT2D eigenvalue weighted by atomic mass is 16.3. The summed E-state index contributed by atoms with van der Waals surface area (Å²) in [5.74, 6) is 0.566. The van der Waals surface area contributed by atoms with Crippen molar-refractivity contribution in [2.24, 2.45) is 5.92 Å². The van der Waals surface area contributed by atoms with E-state index in [0.717, 1.165) is 19.4 Å². The van der Waals surface area contributed by atoms with Gasteiger partial charge in [-0.25, -0.2) is 0 Å². The van der Waals surface area contributed by atoms with E-state index in [4.69, 9.17) is 0 Å². The Balaban J connectivity index is 1.76. The fourth-order valence-corrected chi connectivity index (χ4v) is 2.19. The van der Waals surface area contributed by atoms with Gasteiger partial charge < -0.3 is 10.4 Å². The van der Waals surface area contributed by atoms with Crippen LogP contribution in [0.4, 0.5) is 0 Å². The van der Waals surface area contributed by atoms with Gasteiger partial charge in [-0.15, -0.1) is 0 Å². The fraction of sp³-hybridized carbons (Fsp3) is 0.600. The summed E-state index contributed by atoms with van der Waals surface area (Å²) < 4.78 is 0. The Morgan fingerprint density at radius 3 is 2.59 bits per heavy atom. The highest BCUT2D eigenvalue weighted by Crippen LogP contribution is 2.32. The third-order valence-corrected chi connectivity index (χ3v) is 3.60. The highest BCUT2D eigenvalue weighted by molar-refractivity contribution is 5.15. The number of hydrogen-bond donors (Lipinski definition) is 2. The predicted molar refractivity (Wildman–Crippen MR) is 71.0 cm³/mol. The van der Waals surface area contributed by atoms with Gasteiger partial charge in [0, 0.05) is 12.6 Å². The molecule has 1 aromatic rings. The SMILES string of the molecule is CCC(Cc1ccccc1)NCC(O)C1CC1. The van der Waals surface area contributed by atoms with E-state index in [0.29, 0.717) is 12.0 Å². The van der Waals surface area contributed by atoms with Crippen LogP contribution in [0.1, 0.15) is 31.7 Å². The van der Waals surface area contributed by atoms with Crippen molar-refractivity contribution in [1.29, 1.82) is 0 Å². The van der Waals surface area contributed by atoms with Gasteiger partial charge in [0.2, 0.25) is 0 Å². The zero-order valence-corrected chi connectivity index (χ0v) is 10.6. The van der Waals surface area contributed by atoms with Gasteiger partial charge in [-0.2, -0.15) is 0 Å². The summed E-state index contributed by atoms with van der Waals surface area (Å²) >= 11 is 0. The lowest BCUT2D eigenvalue weighted by Gasteiger charge is -2.19. The summed E-state index contributed by atoms with van der Waals surface area (Å²) in [6.45, 7) is 2.94. The zero-order chi connectivity index (χ0) is 12.1. The molecule has 0 saturated heterocycles. The van der Waals surface area contributed by atoms with Crippen LogP contribution in [0.3, 0.4) is 0 Å². The molecular weight excluding hydrogens is 210 g/mol. The monoisotopic (exact) mass is 233 g/mol. The van der Waals surface area contributed by atoms with Gasteiger partial charge in [0.05, 0.1) is 6.10 Å². The van der Waals surface area contributed by atoms with E-state index in [1.54, 1.807) is 0 Å². The number of aliphatic hydroxyl groups excluding tert-OH is 1. The maximum atomic E-state index is 9.84. The lowest BCUT2D eigenvalue weighted by atomic mass is 10.0. The molecule has 0 aromatic heterocycles. The van der Waals surface area contributed by atoms with Gasteiger partial charge in [0.1, 0.15) is 0 Å². The molecule has 0 amide bonds. The quantitative estimate of drug-likeness (QED) is 0.758. The molecule has 2 atom stereocenters. The maximum Gasteiger partial charge on any atom is 0.0692 e. The Hall–Kier alpha value is -0.860. The van der Waals surface area contributed by atoms with Gasteiger partial charge in [-0.05, 0) is 37.2 Å². The summed E-state index contributed by atoms with van der Waals surface area (Å²) in [6.07, 6.45) is 4.43. The Morgan fingerprint density at radius 2 is 2.00 bits per heavy atom. The second-order valence-electron chi connectivity index (χ2n) is 5.11. The molecule has 0 heterocycles. The van der Waals surface area contributed by atoms with Crippen LogP contribution in [0.5, 0.6) is 0 Å². The smallest absolute Gasteiger partial charge is 0.0692 e. The summed E-state index contributed by atoms with van der Waals surface area (Å²) in [7, 11) is 0. The van der Waals surface area contributed by atoms with Gasteiger partial charge in [-0.3, -0.25) is 0 Å². The van der Waals surface area contributed by atoms with Crippen LogP contribution >= 0.6 is 0 Å². The molecule has 2 rings (SSSR count). The van der Waals surface area contributed by atoms with Crippen molar-refractivity contribution in [2.45, 2.75) is 44.8 Å². The number of nitrogens with one attached hydrogen (secondary N) is 1. The summed E-state index contributed by atoms with van der Waals surface area (Å²) in [6, 6.07) is 11.0. The average Bonchev–Trinajstić information content (AvgIpc) is 3.19. The average molecular weight is 233 g/mol. The Morgan fingerprint density at radius 1 is 1.29 bits per heavy atom. The second kappa shape index (κ2) is 6.18. The third kappa shape index (κ3) is 4.14. The van der Waals surface area contributed by atoms with E-state index < -0.39 is 0 Å². The molecule has 94 valence electrons. The number of benzene rings is 1. The highest BCUT2D eigenvalue weighted by Gasteiger charge is 2.29. The summed E-state index contributed by atoms with van der Waals surface area (Å²) in [5, 5.41) is 13.3. The lowest BCUT2D eigenvalue weighted by Crippen LogP contribution is -2.37. The van der Waals surface area contributed by atoms with Crippen molar-refractivity contribution in [3.05, 3.63) is 35.9 Å². The molecule has 2 heteroatoms. The zero-order valence-electron chi connectivity index (χ0n) is 10.6. The van der Waals surface area contributed by atoms with Crippen molar-refractivity contribution in [3.63, 3.8) is 0 Å². The number of hydrogen-bond acceptors (Lipinski definition) is 2. The Labute approximate surface area is 104 Å². The second-order valence-corrected chi connectivity index (χ2v) is 5.11. The minimum Gasteiger partial charge on any atom is -0.392 e. The third-order valence-electron chi connectivity index (χ3n) is 3.60. The molecule has 1 saturated carbocycles. The molecule has 2 nitrogen and oxygen atoms in total. The van der Waals surface area contributed by atoms with Gasteiger partial charge in [-0.1, -0.05) is 37.3 Å². The minimum absolute atomic E-state index is 0.139. The molecule has 0 bridgehead atoms. The number of aliphatic hydroxyl groups is 1. The van der Waals surface area contributed by atoms with E-state index in [2.05, 4.69) is 42.6 Å². The number of rotatable bonds is 7. The fourth-order valence-electron chi connectivity index (χ4n) is 2.19. The van der Waals surface area contributed by atoms with E-state index >= 15 is 0 Å². The largest absolute Gasteiger partial charge is 0.392 e. The molecule has 1 aliphatic rings. The maximum absolute atomic E-state index is 9.84. The van der Waals surface area contributed by atoms with Crippen LogP contribution in [0.25, 0.3) is 0 Å². The van der Waals surface area contributed by atoms with Crippen molar-refractivity contribution in [2.75, 3.05) is 6.54 Å². The Kier molecular flexibility index (Phi) is 4.57. The molecule has 0 aliphatic heterocycles. The Bertz CT molecular complexity index is 321. The van der Waals surface area contributed by atoms with Gasteiger partial charge in [0.15, 0.2) is 0 Å². The van der Waals surface area contributed by atoms with E-state index in [1.807, 2.05) is 0 Å². The van der Waals surface area contributed by atoms with Crippen LogP contribution < -0.4 is 5.32 Å². The molecule has 1 fully saturated rings. The van der Waals surface area contributed by atoms with E-state index in [9.17, 15) is 5.11 Å². The summed E-state index contributed by atoms with van der Waals surface area (Å²) in [5.41, 5.74) is 1.37. The van der Waals surface area contributed by atoms with Crippen LogP contribution in [0, 0.1) is 5.92 Å². The first-order chi connectivity index (χ1) is 8.29. The first-order valence-electron chi connectivity index (χ1n) is 6.75. The van der Waals surface area contributed by atoms with Crippen molar-refractivity contribution < 1.29 is 5.11 Å². The molecule has 1 aliphatic carbocycles. The predicted octanol–water partition coefficient (Wildman–Crippen LogP) is 2.37. The summed E-state index contributed by atoms with van der Waals surface area (Å²) in [4.78, 5) is 0. The molecule has 0 spiro atoms. The molecule has 17 heavy (non-hydrogen) atoms. The molecular formula is C15H23NO. The van der Waals surface area contributed by atoms with Crippen LogP contribution in [-0.4, -0.2) is 23.8 Å². The van der Waals surface area contributed by atoms with E-state index in [1.165, 1.54) is 18.4 Å². The van der Waals surface area contributed by atoms with Gasteiger partial charge >= 0.3 is 0 Å². The first-order valence-corrected chi connectivity index (χ1v) is 6.75.